The summed E-state index contributed by atoms with van der Waals surface area (Å²) < 4.78 is 40.9. The average Bonchev–Trinajstić information content (AvgIpc) is 3.10. The van der Waals surface area contributed by atoms with Crippen LogP contribution in [-0.2, 0) is 29.1 Å². The van der Waals surface area contributed by atoms with Crippen LogP contribution in [0.25, 0.3) is 0 Å². The third-order valence-corrected chi connectivity index (χ3v) is 10.7. The Balaban J connectivity index is 1.71. The molecule has 9 nitrogen and oxygen atoms in total. The fraction of sp³-hybridized carbons (Fsp3) is 0.216. The first-order chi connectivity index (χ1) is 22.7. The number of hydrogen-bond donors (Lipinski definition) is 0. The monoisotopic (exact) mass is 650 g/mol. The zero-order valence-corrected chi connectivity index (χ0v) is 26.9. The molecule has 0 spiro atoms. The molecule has 4 aromatic carbocycles. The maximum absolute atomic E-state index is 14.9. The summed E-state index contributed by atoms with van der Waals surface area (Å²) >= 11 is 0. The van der Waals surface area contributed by atoms with E-state index in [4.69, 9.17) is 9.47 Å². The van der Waals surface area contributed by atoms with Crippen LogP contribution < -0.4 is 4.90 Å². The fourth-order valence-corrected chi connectivity index (χ4v) is 8.37. The van der Waals surface area contributed by atoms with Gasteiger partial charge in [0.2, 0.25) is 0 Å². The number of carbonyl (C=O) groups excluding carboxylic acids is 3. The van der Waals surface area contributed by atoms with Crippen LogP contribution in [0.1, 0.15) is 28.7 Å². The molecule has 0 unspecified atom stereocenters. The topological polar surface area (TPSA) is 110 Å². The molecular weight excluding hydrogens is 616 g/mol. The number of amides is 2. The number of esters is 2. The number of urea groups is 1. The predicted octanol–water partition coefficient (Wildman–Crippen LogP) is 6.24. The number of anilines is 1. The minimum Gasteiger partial charge on any atom is -0.469 e. The molecule has 1 aliphatic heterocycles. The maximum atomic E-state index is 14.9. The van der Waals surface area contributed by atoms with Crippen molar-refractivity contribution in [3.63, 3.8) is 0 Å². The summed E-state index contributed by atoms with van der Waals surface area (Å²) in [5, 5.41) is 0. The highest BCUT2D eigenvalue weighted by molar-refractivity contribution is 7.89. The molecule has 4 aromatic rings. The van der Waals surface area contributed by atoms with Gasteiger partial charge in [-0.3, -0.25) is 14.5 Å². The summed E-state index contributed by atoms with van der Waals surface area (Å²) in [5.41, 5.74) is 2.81. The number of rotatable bonds is 7. The Morgan fingerprint density at radius 1 is 0.681 bits per heavy atom. The van der Waals surface area contributed by atoms with Gasteiger partial charge in [-0.1, -0.05) is 103 Å². The van der Waals surface area contributed by atoms with Crippen molar-refractivity contribution in [2.24, 2.45) is 17.8 Å². The van der Waals surface area contributed by atoms with Gasteiger partial charge >= 0.3 is 18.0 Å². The Kier molecular flexibility index (Phi) is 8.70. The van der Waals surface area contributed by atoms with Crippen molar-refractivity contribution >= 4 is 33.7 Å². The summed E-state index contributed by atoms with van der Waals surface area (Å²) in [5.74, 6) is -5.51. The van der Waals surface area contributed by atoms with E-state index < -0.39 is 57.7 Å². The van der Waals surface area contributed by atoms with Gasteiger partial charge in [-0.05, 0) is 42.3 Å². The molecule has 240 valence electrons. The van der Waals surface area contributed by atoms with Gasteiger partial charge in [0.25, 0.3) is 10.0 Å². The van der Waals surface area contributed by atoms with E-state index in [9.17, 15) is 22.8 Å². The molecule has 2 amide bonds. The lowest BCUT2D eigenvalue weighted by Crippen LogP contribution is -2.60. The van der Waals surface area contributed by atoms with Gasteiger partial charge < -0.3 is 9.47 Å². The van der Waals surface area contributed by atoms with Gasteiger partial charge in [0.1, 0.15) is 0 Å². The highest BCUT2D eigenvalue weighted by Crippen LogP contribution is 2.55. The zero-order valence-electron chi connectivity index (χ0n) is 26.1. The normalized spacial score (nSPS) is 22.6. The first kappa shape index (κ1) is 31.7. The second kappa shape index (κ2) is 12.9. The largest absolute Gasteiger partial charge is 0.469 e. The van der Waals surface area contributed by atoms with Crippen LogP contribution >= 0.6 is 0 Å². The molecule has 47 heavy (non-hydrogen) atoms. The van der Waals surface area contributed by atoms with Crippen molar-refractivity contribution in [3.8, 4) is 0 Å². The van der Waals surface area contributed by atoms with Gasteiger partial charge in [0, 0.05) is 17.5 Å². The number of allylic oxidation sites excluding steroid dienone is 1. The van der Waals surface area contributed by atoms with E-state index >= 15 is 0 Å². The third kappa shape index (κ3) is 5.59. The van der Waals surface area contributed by atoms with E-state index in [1.54, 1.807) is 78.9 Å². The number of ether oxygens (including phenoxy) is 2. The Hall–Kier alpha value is -5.22. The summed E-state index contributed by atoms with van der Waals surface area (Å²) in [7, 11) is -2.05. The van der Waals surface area contributed by atoms with Crippen LogP contribution in [0.2, 0.25) is 0 Å². The van der Waals surface area contributed by atoms with Crippen molar-refractivity contribution in [3.05, 3.63) is 144 Å². The van der Waals surface area contributed by atoms with Crippen molar-refractivity contribution in [2.45, 2.75) is 23.8 Å². The van der Waals surface area contributed by atoms with Crippen LogP contribution in [0.4, 0.5) is 10.5 Å². The summed E-state index contributed by atoms with van der Waals surface area (Å²) in [6.07, 6.45) is 1.80. The third-order valence-electron chi connectivity index (χ3n) is 8.95. The van der Waals surface area contributed by atoms with Crippen LogP contribution in [0, 0.1) is 24.7 Å². The molecule has 5 atom stereocenters. The number of benzene rings is 4. The molecule has 0 aromatic heterocycles. The maximum Gasteiger partial charge on any atom is 0.343 e. The molecular formula is C37H34N2O7S. The summed E-state index contributed by atoms with van der Waals surface area (Å²) in [6, 6.07) is 30.7. The quantitative estimate of drug-likeness (QED) is 0.218. The van der Waals surface area contributed by atoms with Crippen molar-refractivity contribution in [1.82, 2.24) is 4.31 Å². The molecule has 2 aliphatic rings. The van der Waals surface area contributed by atoms with Gasteiger partial charge in [0.15, 0.2) is 0 Å². The Bertz CT molecular complexity index is 1910. The molecule has 0 bridgehead atoms. The van der Waals surface area contributed by atoms with Crippen LogP contribution in [-0.4, -0.2) is 44.9 Å². The van der Waals surface area contributed by atoms with E-state index in [2.05, 4.69) is 0 Å². The van der Waals surface area contributed by atoms with Crippen molar-refractivity contribution in [1.29, 1.82) is 0 Å². The average molecular weight is 651 g/mol. The first-order valence-electron chi connectivity index (χ1n) is 15.2. The molecule has 1 aliphatic carbocycles. The molecule has 1 heterocycles. The number of nitrogens with zero attached hydrogens (tertiary/aromatic N) is 2. The van der Waals surface area contributed by atoms with Crippen molar-refractivity contribution < 1.29 is 32.3 Å². The van der Waals surface area contributed by atoms with Crippen LogP contribution in [0.3, 0.4) is 0 Å². The Morgan fingerprint density at radius 3 is 1.74 bits per heavy atom. The molecule has 1 fully saturated rings. The van der Waals surface area contributed by atoms with Crippen molar-refractivity contribution in [2.75, 3.05) is 19.1 Å². The number of sulfonamides is 1. The zero-order chi connectivity index (χ0) is 33.3. The highest BCUT2D eigenvalue weighted by Gasteiger charge is 2.60. The second-order valence-electron chi connectivity index (χ2n) is 11.6. The van der Waals surface area contributed by atoms with E-state index in [1.807, 2.05) is 37.3 Å². The standard InChI is InChI=1S/C37H34N2O7S/c1-24-19-21-28(22-20-24)47(43,44)39-34(26-15-9-5-10-16-26)32-30(38(37(39)42)27-17-11-6-12-18-27)23-29(25-13-7-4-8-14-25)31(35(40)45-2)33(32)36(41)46-3/h4-23,29,31-34H,1-3H3/t29-,31-,32-,33+,34-/m1/s1. The van der Waals surface area contributed by atoms with E-state index in [0.29, 0.717) is 22.5 Å². The summed E-state index contributed by atoms with van der Waals surface area (Å²) in [4.78, 5) is 44.0. The van der Waals surface area contributed by atoms with Gasteiger partial charge in [-0.15, -0.1) is 0 Å². The summed E-state index contributed by atoms with van der Waals surface area (Å²) in [6.45, 7) is 1.84. The molecule has 10 heteroatoms. The van der Waals surface area contributed by atoms with E-state index in [1.165, 1.54) is 31.3 Å². The molecule has 6 rings (SSSR count). The number of methoxy groups -OCH3 is 2. The van der Waals surface area contributed by atoms with Crippen LogP contribution in [0.5, 0.6) is 0 Å². The SMILES string of the molecule is COC(=O)[C@@H]1[C@H]2C(=C[C@H](c3ccccc3)[C@H]1C(=O)OC)N(c1ccccc1)C(=O)N(S(=O)(=O)c1ccc(C)cc1)[C@@H]2c1ccccc1. The number of para-hydroxylation sites is 1. The molecule has 0 saturated carbocycles. The molecule has 0 N–H and O–H groups in total. The van der Waals surface area contributed by atoms with E-state index in [0.717, 1.165) is 9.87 Å². The lowest BCUT2D eigenvalue weighted by molar-refractivity contribution is -0.161. The smallest absolute Gasteiger partial charge is 0.343 e. The van der Waals surface area contributed by atoms with Gasteiger partial charge in [-0.2, -0.15) is 0 Å². The van der Waals surface area contributed by atoms with Gasteiger partial charge in [0.05, 0.1) is 42.7 Å². The minimum absolute atomic E-state index is 0.0880. The predicted molar refractivity (Wildman–Crippen MR) is 175 cm³/mol. The first-order valence-corrected chi connectivity index (χ1v) is 16.6. The van der Waals surface area contributed by atoms with Gasteiger partial charge in [-0.25, -0.2) is 17.5 Å². The fourth-order valence-electron chi connectivity index (χ4n) is 6.83. The number of aryl methyl sites for hydroxylation is 1. The molecule has 1 saturated heterocycles. The number of carbonyl (C=O) groups is 3. The Labute approximate surface area is 274 Å². The number of hydrogen-bond acceptors (Lipinski definition) is 7. The second-order valence-corrected chi connectivity index (χ2v) is 13.4. The lowest BCUT2D eigenvalue weighted by atomic mass is 9.63. The Morgan fingerprint density at radius 2 is 1.19 bits per heavy atom. The minimum atomic E-state index is -4.53. The number of fused-ring (bicyclic) bond motifs is 1. The van der Waals surface area contributed by atoms with Crippen LogP contribution in [0.15, 0.2) is 132 Å². The van der Waals surface area contributed by atoms with E-state index in [-0.39, 0.29) is 4.90 Å². The molecule has 0 radical (unpaired) electrons. The lowest BCUT2D eigenvalue weighted by Gasteiger charge is -2.52. The highest BCUT2D eigenvalue weighted by atomic mass is 32.2.